The van der Waals surface area contributed by atoms with Crippen molar-refractivity contribution in [3.8, 4) is 0 Å². The number of hydrogen-bond acceptors (Lipinski definition) is 5. The highest BCUT2D eigenvalue weighted by atomic mass is 19.1. The molecule has 2 fully saturated rings. The Bertz CT molecular complexity index is 1360. The van der Waals surface area contributed by atoms with Crippen molar-refractivity contribution in [1.29, 1.82) is 0 Å². The second-order valence-corrected chi connectivity index (χ2v) is 8.80. The smallest absolute Gasteiger partial charge is 0.257 e. The molecule has 3 aromatic heterocycles. The lowest BCUT2D eigenvalue weighted by atomic mass is 9.74. The number of rotatable bonds is 3. The number of nitrogens with one attached hydrogen (secondary N) is 2. The van der Waals surface area contributed by atoms with E-state index < -0.39 is 5.82 Å². The Hall–Kier alpha value is -3.46. The molecule has 1 aromatic carbocycles. The molecule has 6 rings (SSSR count). The molecular formula is C22H22FN7O. The van der Waals surface area contributed by atoms with E-state index in [-0.39, 0.29) is 11.6 Å². The van der Waals surface area contributed by atoms with Crippen molar-refractivity contribution < 1.29 is 9.18 Å². The summed E-state index contributed by atoms with van der Waals surface area (Å²) in [5, 5.41) is 11.7. The second kappa shape index (κ2) is 6.27. The van der Waals surface area contributed by atoms with Crippen LogP contribution in [0.5, 0.6) is 0 Å². The van der Waals surface area contributed by atoms with E-state index in [1.807, 2.05) is 19.3 Å². The minimum Gasteiger partial charge on any atom is -0.369 e. The summed E-state index contributed by atoms with van der Waals surface area (Å²) >= 11 is 0. The average molecular weight is 419 g/mol. The molecule has 8 nitrogen and oxygen atoms in total. The first-order valence-corrected chi connectivity index (χ1v) is 10.3. The molecule has 0 unspecified atom stereocenters. The lowest BCUT2D eigenvalue weighted by Gasteiger charge is -2.57. The zero-order chi connectivity index (χ0) is 21.3. The fourth-order valence-electron chi connectivity index (χ4n) is 4.75. The predicted octanol–water partition coefficient (Wildman–Crippen LogP) is 2.33. The van der Waals surface area contributed by atoms with Gasteiger partial charge in [-0.25, -0.2) is 9.37 Å². The molecular weight excluding hydrogens is 397 g/mol. The standard InChI is InChI=1S/C22H22FN7O/c1-13-6-29-7-14(5-17(23)20(29)25-13)26-21(31)15-3-4-18(16-8-28(2)27-19(15)16)30-11-22(12-30)9-24-10-22/h3-8,24H,9-12H2,1-2H3,(H,26,31). The fourth-order valence-corrected chi connectivity index (χ4v) is 4.75. The third-order valence-electron chi connectivity index (χ3n) is 6.29. The van der Waals surface area contributed by atoms with Gasteiger partial charge < -0.3 is 19.9 Å². The number of halogens is 1. The number of imidazole rings is 1. The summed E-state index contributed by atoms with van der Waals surface area (Å²) in [5.74, 6) is -0.810. The minimum absolute atomic E-state index is 0.237. The molecule has 9 heteroatoms. The molecule has 0 atom stereocenters. The molecule has 2 N–H and O–H groups in total. The topological polar surface area (TPSA) is 79.5 Å². The van der Waals surface area contributed by atoms with Crippen LogP contribution in [0.1, 0.15) is 16.1 Å². The maximum atomic E-state index is 14.4. The first-order valence-electron chi connectivity index (χ1n) is 10.3. The van der Waals surface area contributed by atoms with Crippen molar-refractivity contribution in [1.82, 2.24) is 24.5 Å². The van der Waals surface area contributed by atoms with E-state index in [4.69, 9.17) is 0 Å². The van der Waals surface area contributed by atoms with Gasteiger partial charge in [0.1, 0.15) is 5.52 Å². The summed E-state index contributed by atoms with van der Waals surface area (Å²) in [6.45, 7) is 5.96. The Balaban J connectivity index is 1.33. The van der Waals surface area contributed by atoms with Gasteiger partial charge in [-0.15, -0.1) is 0 Å². The summed E-state index contributed by atoms with van der Waals surface area (Å²) in [7, 11) is 1.85. The molecule has 0 radical (unpaired) electrons. The SMILES string of the molecule is Cc1cn2cc(NC(=O)c3ccc(N4CC5(CNC5)C4)c4cn(C)nc34)cc(F)c2n1. The zero-order valence-electron chi connectivity index (χ0n) is 17.3. The van der Waals surface area contributed by atoms with Gasteiger partial charge in [-0.3, -0.25) is 9.48 Å². The summed E-state index contributed by atoms with van der Waals surface area (Å²) in [4.78, 5) is 19.6. The van der Waals surface area contributed by atoms with Crippen LogP contribution in [0.2, 0.25) is 0 Å². The van der Waals surface area contributed by atoms with Crippen LogP contribution in [0.15, 0.2) is 36.8 Å². The molecule has 1 amide bonds. The minimum atomic E-state index is -0.485. The number of fused-ring (bicyclic) bond motifs is 2. The van der Waals surface area contributed by atoms with Crippen LogP contribution in [-0.2, 0) is 7.05 Å². The Kier molecular flexibility index (Phi) is 3.71. The Morgan fingerprint density at radius 3 is 2.77 bits per heavy atom. The molecule has 4 aromatic rings. The first-order chi connectivity index (χ1) is 14.9. The van der Waals surface area contributed by atoms with Gasteiger partial charge in [0.15, 0.2) is 11.5 Å². The van der Waals surface area contributed by atoms with E-state index in [2.05, 4.69) is 25.6 Å². The van der Waals surface area contributed by atoms with Gasteiger partial charge in [0.05, 0.1) is 16.9 Å². The number of nitrogens with zero attached hydrogens (tertiary/aromatic N) is 5. The number of anilines is 2. The molecule has 158 valence electrons. The maximum absolute atomic E-state index is 14.4. The van der Waals surface area contributed by atoms with Gasteiger partial charge >= 0.3 is 0 Å². The number of benzene rings is 1. The highest BCUT2D eigenvalue weighted by Crippen LogP contribution is 2.40. The van der Waals surface area contributed by atoms with E-state index in [9.17, 15) is 9.18 Å². The number of aryl methyl sites for hydroxylation is 2. The average Bonchev–Trinajstić information content (AvgIpc) is 3.21. The van der Waals surface area contributed by atoms with Crippen molar-refractivity contribution in [3.05, 3.63) is 53.9 Å². The predicted molar refractivity (Wildman–Crippen MR) is 116 cm³/mol. The Morgan fingerprint density at radius 1 is 1.23 bits per heavy atom. The number of carbonyl (C=O) groups is 1. The number of amides is 1. The molecule has 0 aliphatic carbocycles. The molecule has 2 aliphatic heterocycles. The summed E-state index contributed by atoms with van der Waals surface area (Å²) < 4.78 is 17.7. The lowest BCUT2D eigenvalue weighted by molar-refractivity contribution is 0.102. The second-order valence-electron chi connectivity index (χ2n) is 8.80. The number of hydrogen-bond donors (Lipinski definition) is 2. The quantitative estimate of drug-likeness (QED) is 0.533. The molecule has 2 saturated heterocycles. The largest absolute Gasteiger partial charge is 0.369 e. The maximum Gasteiger partial charge on any atom is 0.257 e. The summed E-state index contributed by atoms with van der Waals surface area (Å²) in [6.07, 6.45) is 5.33. The number of carbonyl (C=O) groups excluding carboxylic acids is 1. The Labute approximate surface area is 177 Å². The summed E-state index contributed by atoms with van der Waals surface area (Å²) in [6, 6.07) is 5.08. The van der Waals surface area contributed by atoms with Gasteiger partial charge in [0.2, 0.25) is 0 Å². The van der Waals surface area contributed by atoms with Crippen LogP contribution in [-0.4, -0.2) is 51.3 Å². The van der Waals surface area contributed by atoms with Crippen LogP contribution in [0.25, 0.3) is 16.6 Å². The van der Waals surface area contributed by atoms with Crippen molar-refractivity contribution in [2.45, 2.75) is 6.92 Å². The van der Waals surface area contributed by atoms with E-state index >= 15 is 0 Å². The van der Waals surface area contributed by atoms with Crippen LogP contribution in [0.3, 0.4) is 0 Å². The van der Waals surface area contributed by atoms with Crippen LogP contribution in [0, 0.1) is 18.2 Å². The molecule has 31 heavy (non-hydrogen) atoms. The van der Waals surface area contributed by atoms with Crippen molar-refractivity contribution in [3.63, 3.8) is 0 Å². The van der Waals surface area contributed by atoms with Crippen LogP contribution >= 0.6 is 0 Å². The normalized spacial score (nSPS) is 17.2. The lowest BCUT2D eigenvalue weighted by Crippen LogP contribution is -2.71. The highest BCUT2D eigenvalue weighted by Gasteiger charge is 2.48. The van der Waals surface area contributed by atoms with Crippen LogP contribution in [0.4, 0.5) is 15.8 Å². The molecule has 5 heterocycles. The number of pyridine rings is 1. The van der Waals surface area contributed by atoms with Crippen LogP contribution < -0.4 is 15.5 Å². The van der Waals surface area contributed by atoms with Gasteiger partial charge in [0, 0.05) is 74.4 Å². The molecule has 0 bridgehead atoms. The molecule has 1 spiro atoms. The van der Waals surface area contributed by atoms with Gasteiger partial charge in [-0.2, -0.15) is 5.10 Å². The van der Waals surface area contributed by atoms with E-state index in [1.165, 1.54) is 6.07 Å². The van der Waals surface area contributed by atoms with E-state index in [0.29, 0.717) is 27.9 Å². The van der Waals surface area contributed by atoms with Gasteiger partial charge in [-0.1, -0.05) is 0 Å². The van der Waals surface area contributed by atoms with E-state index in [1.54, 1.807) is 34.5 Å². The third-order valence-corrected chi connectivity index (χ3v) is 6.29. The zero-order valence-corrected chi connectivity index (χ0v) is 17.3. The summed E-state index contributed by atoms with van der Waals surface area (Å²) in [5.41, 5.74) is 3.91. The highest BCUT2D eigenvalue weighted by molar-refractivity contribution is 6.14. The van der Waals surface area contributed by atoms with E-state index in [0.717, 1.165) is 37.3 Å². The third kappa shape index (κ3) is 2.80. The van der Waals surface area contributed by atoms with Gasteiger partial charge in [0.25, 0.3) is 5.91 Å². The van der Waals surface area contributed by atoms with Crippen molar-refractivity contribution >= 4 is 33.8 Å². The number of aromatic nitrogens is 4. The first kappa shape index (κ1) is 18.3. The van der Waals surface area contributed by atoms with Crippen molar-refractivity contribution in [2.75, 3.05) is 36.4 Å². The molecule has 0 saturated carbocycles. The van der Waals surface area contributed by atoms with Gasteiger partial charge in [-0.05, 0) is 19.1 Å². The molecule has 2 aliphatic rings. The Morgan fingerprint density at radius 2 is 2.03 bits per heavy atom. The van der Waals surface area contributed by atoms with Crippen molar-refractivity contribution in [2.24, 2.45) is 12.5 Å². The monoisotopic (exact) mass is 419 g/mol. The fraction of sp³-hybridized carbons (Fsp3) is 0.318.